The molecule has 0 aliphatic heterocycles. The van der Waals surface area contributed by atoms with Crippen LogP contribution in [0.1, 0.15) is 49.4 Å². The quantitative estimate of drug-likeness (QED) is 0.518. The number of anilines is 1. The normalized spacial score (nSPS) is 15.5. The molecule has 142 valence electrons. The predicted octanol–water partition coefficient (Wildman–Crippen LogP) is 4.07. The molecular formula is C18H28Cl2N2O3. The van der Waals surface area contributed by atoms with Crippen LogP contribution >= 0.6 is 24.0 Å². The van der Waals surface area contributed by atoms with E-state index in [1.165, 1.54) is 20.0 Å². The molecule has 1 aromatic rings. The maximum atomic E-state index is 12.6. The molecule has 1 aliphatic rings. The SMILES string of the molecule is CCOCCC1(CNC(=O)c2cc(Cl)c(N)cc2OC)CCCC1.Cl. The Balaban J connectivity index is 0.00000312. The molecule has 1 fully saturated rings. The minimum atomic E-state index is -0.184. The first-order chi connectivity index (χ1) is 11.5. The highest BCUT2D eigenvalue weighted by atomic mass is 35.5. The van der Waals surface area contributed by atoms with Gasteiger partial charge in [0.2, 0.25) is 0 Å². The number of carbonyl (C=O) groups is 1. The van der Waals surface area contributed by atoms with Gasteiger partial charge in [0.15, 0.2) is 0 Å². The van der Waals surface area contributed by atoms with Crippen LogP contribution in [0.25, 0.3) is 0 Å². The lowest BCUT2D eigenvalue weighted by atomic mass is 9.83. The number of ether oxygens (including phenoxy) is 2. The first-order valence-corrected chi connectivity index (χ1v) is 8.88. The lowest BCUT2D eigenvalue weighted by molar-refractivity contribution is 0.0861. The van der Waals surface area contributed by atoms with Crippen molar-refractivity contribution in [1.29, 1.82) is 0 Å². The number of rotatable bonds is 8. The van der Waals surface area contributed by atoms with Gasteiger partial charge in [0.25, 0.3) is 5.91 Å². The van der Waals surface area contributed by atoms with Gasteiger partial charge in [-0.3, -0.25) is 4.79 Å². The summed E-state index contributed by atoms with van der Waals surface area (Å²) in [6, 6.07) is 3.14. The molecule has 0 atom stereocenters. The van der Waals surface area contributed by atoms with Crippen molar-refractivity contribution in [3.63, 3.8) is 0 Å². The molecule has 1 aromatic carbocycles. The fourth-order valence-corrected chi connectivity index (χ4v) is 3.52. The highest BCUT2D eigenvalue weighted by molar-refractivity contribution is 6.33. The van der Waals surface area contributed by atoms with E-state index in [0.29, 0.717) is 28.6 Å². The van der Waals surface area contributed by atoms with E-state index < -0.39 is 0 Å². The molecule has 0 bridgehead atoms. The van der Waals surface area contributed by atoms with E-state index >= 15 is 0 Å². The summed E-state index contributed by atoms with van der Waals surface area (Å²) in [6.07, 6.45) is 5.64. The van der Waals surface area contributed by atoms with E-state index in [0.717, 1.165) is 32.5 Å². The van der Waals surface area contributed by atoms with Crippen LogP contribution in [0, 0.1) is 5.41 Å². The van der Waals surface area contributed by atoms with Crippen LogP contribution < -0.4 is 15.8 Å². The van der Waals surface area contributed by atoms with Crippen molar-refractivity contribution in [2.24, 2.45) is 5.41 Å². The topological polar surface area (TPSA) is 73.6 Å². The Morgan fingerprint density at radius 2 is 2.04 bits per heavy atom. The molecule has 0 heterocycles. The van der Waals surface area contributed by atoms with Crippen molar-refractivity contribution in [1.82, 2.24) is 5.32 Å². The Bertz CT molecular complexity index is 576. The maximum Gasteiger partial charge on any atom is 0.255 e. The van der Waals surface area contributed by atoms with Gasteiger partial charge in [-0.2, -0.15) is 0 Å². The minimum Gasteiger partial charge on any atom is -0.496 e. The predicted molar refractivity (Wildman–Crippen MR) is 104 cm³/mol. The fraction of sp³-hybridized carbons (Fsp3) is 0.611. The van der Waals surface area contributed by atoms with Gasteiger partial charge in [0.1, 0.15) is 5.75 Å². The van der Waals surface area contributed by atoms with Crippen molar-refractivity contribution >= 4 is 35.6 Å². The Kier molecular flexibility index (Phi) is 8.83. The number of hydrogen-bond acceptors (Lipinski definition) is 4. The molecule has 0 spiro atoms. The van der Waals surface area contributed by atoms with Crippen molar-refractivity contribution < 1.29 is 14.3 Å². The van der Waals surface area contributed by atoms with Gasteiger partial charge in [-0.1, -0.05) is 24.4 Å². The Morgan fingerprint density at radius 1 is 1.36 bits per heavy atom. The van der Waals surface area contributed by atoms with Crippen LogP contribution in [-0.4, -0.2) is 32.8 Å². The highest BCUT2D eigenvalue weighted by Crippen LogP contribution is 2.40. The van der Waals surface area contributed by atoms with E-state index in [-0.39, 0.29) is 23.7 Å². The average Bonchev–Trinajstić information content (AvgIpc) is 3.04. The monoisotopic (exact) mass is 390 g/mol. The largest absolute Gasteiger partial charge is 0.496 e. The highest BCUT2D eigenvalue weighted by Gasteiger charge is 2.34. The number of carbonyl (C=O) groups excluding carboxylic acids is 1. The molecule has 1 saturated carbocycles. The summed E-state index contributed by atoms with van der Waals surface area (Å²) in [5.41, 5.74) is 6.71. The van der Waals surface area contributed by atoms with Crippen molar-refractivity contribution in [3.05, 3.63) is 22.7 Å². The Labute approximate surface area is 161 Å². The second-order valence-electron chi connectivity index (χ2n) is 6.41. The zero-order valence-electron chi connectivity index (χ0n) is 14.9. The lowest BCUT2D eigenvalue weighted by Gasteiger charge is -2.29. The third-order valence-electron chi connectivity index (χ3n) is 4.83. The molecular weight excluding hydrogens is 363 g/mol. The average molecular weight is 391 g/mol. The van der Waals surface area contributed by atoms with Gasteiger partial charge < -0.3 is 20.5 Å². The third-order valence-corrected chi connectivity index (χ3v) is 5.16. The van der Waals surface area contributed by atoms with Gasteiger partial charge in [-0.05, 0) is 37.7 Å². The maximum absolute atomic E-state index is 12.6. The van der Waals surface area contributed by atoms with E-state index in [2.05, 4.69) is 5.32 Å². The fourth-order valence-electron chi connectivity index (χ4n) is 3.35. The number of halogens is 2. The molecule has 2 rings (SSSR count). The first-order valence-electron chi connectivity index (χ1n) is 8.50. The van der Waals surface area contributed by atoms with Gasteiger partial charge in [0, 0.05) is 25.8 Å². The van der Waals surface area contributed by atoms with Crippen LogP contribution in [0.15, 0.2) is 12.1 Å². The molecule has 1 aliphatic carbocycles. The third kappa shape index (κ3) is 5.66. The van der Waals surface area contributed by atoms with Crippen molar-refractivity contribution in [2.75, 3.05) is 32.6 Å². The number of amides is 1. The first kappa shape index (κ1) is 21.9. The lowest BCUT2D eigenvalue weighted by Crippen LogP contribution is -2.37. The van der Waals surface area contributed by atoms with Crippen LogP contribution in [0.3, 0.4) is 0 Å². The summed E-state index contributed by atoms with van der Waals surface area (Å²) in [5, 5.41) is 3.41. The molecule has 0 unspecified atom stereocenters. The van der Waals surface area contributed by atoms with Crippen LogP contribution in [-0.2, 0) is 4.74 Å². The number of benzene rings is 1. The van der Waals surface area contributed by atoms with E-state index in [4.69, 9.17) is 26.8 Å². The summed E-state index contributed by atoms with van der Waals surface area (Å²) in [5.74, 6) is 0.251. The molecule has 3 N–H and O–H groups in total. The summed E-state index contributed by atoms with van der Waals surface area (Å²) in [6.45, 7) is 4.11. The van der Waals surface area contributed by atoms with E-state index in [1.54, 1.807) is 12.1 Å². The second-order valence-corrected chi connectivity index (χ2v) is 6.82. The number of nitrogen functional groups attached to an aromatic ring is 1. The minimum absolute atomic E-state index is 0. The summed E-state index contributed by atoms with van der Waals surface area (Å²) in [7, 11) is 1.51. The van der Waals surface area contributed by atoms with Crippen LogP contribution in [0.5, 0.6) is 5.75 Å². The number of hydrogen-bond donors (Lipinski definition) is 2. The van der Waals surface area contributed by atoms with Gasteiger partial charge >= 0.3 is 0 Å². The van der Waals surface area contributed by atoms with Crippen LogP contribution in [0.4, 0.5) is 5.69 Å². The Morgan fingerprint density at radius 3 is 2.64 bits per heavy atom. The second kappa shape index (κ2) is 10.1. The molecule has 0 radical (unpaired) electrons. The standard InChI is InChI=1S/C18H27ClN2O3.ClH/c1-3-24-9-8-18(6-4-5-7-18)12-21-17(22)13-10-14(19)15(20)11-16(13)23-2;/h10-11H,3-9,12,20H2,1-2H3,(H,21,22);1H. The van der Waals surface area contributed by atoms with Gasteiger partial charge in [0.05, 0.1) is 23.4 Å². The van der Waals surface area contributed by atoms with Gasteiger partial charge in [-0.25, -0.2) is 0 Å². The van der Waals surface area contributed by atoms with E-state index in [1.807, 2.05) is 6.92 Å². The molecule has 5 nitrogen and oxygen atoms in total. The van der Waals surface area contributed by atoms with Crippen molar-refractivity contribution in [2.45, 2.75) is 39.0 Å². The summed E-state index contributed by atoms with van der Waals surface area (Å²) in [4.78, 5) is 12.6. The zero-order chi connectivity index (χ0) is 17.6. The summed E-state index contributed by atoms with van der Waals surface area (Å²) < 4.78 is 10.8. The number of nitrogens with two attached hydrogens (primary N) is 1. The number of methoxy groups -OCH3 is 1. The molecule has 7 heteroatoms. The van der Waals surface area contributed by atoms with E-state index in [9.17, 15) is 4.79 Å². The molecule has 0 aromatic heterocycles. The van der Waals surface area contributed by atoms with Gasteiger partial charge in [-0.15, -0.1) is 12.4 Å². The molecule has 0 saturated heterocycles. The summed E-state index contributed by atoms with van der Waals surface area (Å²) >= 11 is 6.05. The zero-order valence-corrected chi connectivity index (χ0v) is 16.5. The number of nitrogens with one attached hydrogen (secondary N) is 1. The Hall–Kier alpha value is -1.17. The van der Waals surface area contributed by atoms with Crippen LogP contribution in [0.2, 0.25) is 5.02 Å². The molecule has 1 amide bonds. The molecule has 25 heavy (non-hydrogen) atoms. The smallest absolute Gasteiger partial charge is 0.255 e. The van der Waals surface area contributed by atoms with Crippen molar-refractivity contribution in [3.8, 4) is 5.75 Å².